The molecule has 3 aliphatic rings. The fourth-order valence-corrected chi connectivity index (χ4v) is 9.71. The lowest BCUT2D eigenvalue weighted by Gasteiger charge is -2.40. The molecular weight excluding hydrogens is 857 g/mol. The van der Waals surface area contributed by atoms with E-state index in [4.69, 9.17) is 4.74 Å². The van der Waals surface area contributed by atoms with Crippen LogP contribution in [0.5, 0.6) is 5.75 Å². The van der Waals surface area contributed by atoms with Gasteiger partial charge < -0.3 is 39.7 Å². The first-order valence-electron chi connectivity index (χ1n) is 22.5. The van der Waals surface area contributed by atoms with Crippen molar-refractivity contribution in [2.24, 2.45) is 11.3 Å². The average Bonchev–Trinajstić information content (AvgIpc) is 3.85. The van der Waals surface area contributed by atoms with Crippen molar-refractivity contribution < 1.29 is 44.0 Å². The molecule has 2 saturated heterocycles. The summed E-state index contributed by atoms with van der Waals surface area (Å²) >= 11 is 0. The smallest absolute Gasteiger partial charge is 0.355 e. The number of ether oxygens (including phenoxy) is 1. The molecule has 17 heteroatoms. The number of likely N-dealkylation sites (tertiary alicyclic amines) is 1. The highest BCUT2D eigenvalue weighted by molar-refractivity contribution is 5.97. The van der Waals surface area contributed by atoms with Crippen molar-refractivity contribution in [1.29, 1.82) is 5.26 Å². The highest BCUT2D eigenvalue weighted by atomic mass is 16.6. The summed E-state index contributed by atoms with van der Waals surface area (Å²) in [7, 11) is 1.38. The third-order valence-corrected chi connectivity index (χ3v) is 13.1. The van der Waals surface area contributed by atoms with E-state index in [1.54, 1.807) is 38.4 Å². The third kappa shape index (κ3) is 9.51. The predicted molar refractivity (Wildman–Crippen MR) is 248 cm³/mol. The lowest BCUT2D eigenvalue weighted by atomic mass is 9.84. The van der Waals surface area contributed by atoms with Gasteiger partial charge in [-0.2, -0.15) is 10.7 Å². The van der Waals surface area contributed by atoms with Gasteiger partial charge in [-0.3, -0.25) is 29.2 Å². The molecule has 4 atom stereocenters. The van der Waals surface area contributed by atoms with E-state index < -0.39 is 69.9 Å². The summed E-state index contributed by atoms with van der Waals surface area (Å²) in [5.74, 6) is -4.32. The number of phenolic OH excluding ortho intramolecular Hbond substituents is 1. The largest absolute Gasteiger partial charge is 0.508 e. The fourth-order valence-electron chi connectivity index (χ4n) is 9.71. The quantitative estimate of drug-likeness (QED) is 0.125. The van der Waals surface area contributed by atoms with Gasteiger partial charge in [0, 0.05) is 68.2 Å². The zero-order valence-corrected chi connectivity index (χ0v) is 39.1. The molecule has 4 aromatic rings. The van der Waals surface area contributed by atoms with Gasteiger partial charge in [-0.1, -0.05) is 46.4 Å². The lowest BCUT2D eigenvalue weighted by molar-refractivity contribution is -0.189. The molecule has 2 aromatic carbocycles. The number of nitrogens with one attached hydrogen (secondary N) is 2. The second-order valence-electron chi connectivity index (χ2n) is 19.8. The number of likely N-dealkylation sites (N-methyl/N-ethyl adjacent to an activating group) is 1. The van der Waals surface area contributed by atoms with E-state index >= 15 is 0 Å². The number of aromatic nitrogens is 2. The monoisotopic (exact) mass is 916 g/mol. The molecule has 0 aliphatic carbocycles. The number of amides is 4. The number of carbonyl (C=O) groups excluding carboxylic acids is 5. The Morgan fingerprint density at radius 2 is 1.76 bits per heavy atom. The number of hydrogen-bond acceptors (Lipinski definition) is 12. The molecule has 0 spiro atoms. The van der Waals surface area contributed by atoms with Crippen molar-refractivity contribution in [2.75, 3.05) is 33.3 Å². The van der Waals surface area contributed by atoms with E-state index in [9.17, 15) is 44.6 Å². The van der Waals surface area contributed by atoms with Gasteiger partial charge in [0.2, 0.25) is 17.5 Å². The van der Waals surface area contributed by atoms with Crippen LogP contribution < -0.4 is 10.7 Å². The van der Waals surface area contributed by atoms with Gasteiger partial charge in [0.25, 0.3) is 11.8 Å². The minimum atomic E-state index is -2.32. The van der Waals surface area contributed by atoms with Crippen LogP contribution >= 0.6 is 0 Å². The number of hydrazine groups is 1. The number of nitrogens with zero attached hydrogens (tertiary/aromatic N) is 6. The van der Waals surface area contributed by atoms with E-state index in [0.29, 0.717) is 23.1 Å². The topological polar surface area (TPSA) is 231 Å². The molecule has 0 unspecified atom stereocenters. The maximum atomic E-state index is 14.7. The molecule has 3 aliphatic heterocycles. The summed E-state index contributed by atoms with van der Waals surface area (Å²) in [5, 5.41) is 49.9. The number of pyridine rings is 1. The number of nitriles is 1. The normalized spacial score (nSPS) is 22.7. The molecule has 6 bridgehead atoms. The van der Waals surface area contributed by atoms with Crippen LogP contribution in [-0.4, -0.2) is 126 Å². The van der Waals surface area contributed by atoms with Gasteiger partial charge in [0.15, 0.2) is 5.60 Å². The molecule has 0 saturated carbocycles. The highest BCUT2D eigenvalue weighted by Crippen LogP contribution is 2.43. The molecule has 17 nitrogen and oxygen atoms in total. The zero-order chi connectivity index (χ0) is 48.8. The second kappa shape index (κ2) is 18.2. The highest BCUT2D eigenvalue weighted by Gasteiger charge is 2.49. The van der Waals surface area contributed by atoms with E-state index in [-0.39, 0.29) is 57.7 Å². The van der Waals surface area contributed by atoms with Crippen LogP contribution in [0.2, 0.25) is 0 Å². The van der Waals surface area contributed by atoms with E-state index in [1.807, 2.05) is 62.6 Å². The summed E-state index contributed by atoms with van der Waals surface area (Å²) in [5.41, 5.74) is 1.59. The number of rotatable bonds is 8. The molecule has 354 valence electrons. The SMILES string of the molecule is C=CC(=O)N1CC[C@](O)(C(=O)N(C)[C@H](C(=O)N[C@H]2Cc3cc(O)cc(c3)-c3ccc4c(c3)c(c(-c3ccncc3)n4C(C)(C)C#N)CC(C)(C)COC(=O)[C@@]3(O)CCCN(N3)C2=O)C(C)C)C1. The van der Waals surface area contributed by atoms with Crippen molar-refractivity contribution >= 4 is 40.5 Å². The van der Waals surface area contributed by atoms with Crippen LogP contribution in [-0.2, 0) is 47.1 Å². The zero-order valence-electron chi connectivity index (χ0n) is 39.1. The average molecular weight is 917 g/mol. The van der Waals surface area contributed by atoms with E-state index in [1.165, 1.54) is 18.0 Å². The Hall–Kier alpha value is -6.61. The number of hydrogen-bond donors (Lipinski definition) is 5. The van der Waals surface area contributed by atoms with Crippen LogP contribution in [0.1, 0.15) is 71.9 Å². The Morgan fingerprint density at radius 1 is 1.04 bits per heavy atom. The third-order valence-electron chi connectivity index (χ3n) is 13.1. The Kier molecular flexibility index (Phi) is 13.1. The Bertz CT molecular complexity index is 2670. The first-order chi connectivity index (χ1) is 31.5. The maximum absolute atomic E-state index is 14.7. The Balaban J connectivity index is 1.34. The van der Waals surface area contributed by atoms with Gasteiger partial charge in [-0.15, -0.1) is 0 Å². The molecule has 4 amide bonds. The Morgan fingerprint density at radius 3 is 2.43 bits per heavy atom. The molecule has 67 heavy (non-hydrogen) atoms. The molecular formula is C50H60N8O9. The van der Waals surface area contributed by atoms with Crippen molar-refractivity contribution in [3.8, 4) is 34.2 Å². The number of β-amino-alcohol motifs (C(OH)–C–C–N with tert-alkyl or cyclic N) is 1. The van der Waals surface area contributed by atoms with Crippen molar-refractivity contribution in [1.82, 2.24) is 35.1 Å². The van der Waals surface area contributed by atoms with Gasteiger partial charge in [0.1, 0.15) is 23.4 Å². The Labute approximate surface area is 390 Å². The molecule has 0 radical (unpaired) electrons. The van der Waals surface area contributed by atoms with Crippen LogP contribution in [0, 0.1) is 22.7 Å². The van der Waals surface area contributed by atoms with Crippen LogP contribution in [0.3, 0.4) is 0 Å². The van der Waals surface area contributed by atoms with Gasteiger partial charge in [-0.25, -0.2) is 4.79 Å². The number of carbonyl (C=O) groups is 5. The maximum Gasteiger partial charge on any atom is 0.355 e. The van der Waals surface area contributed by atoms with Gasteiger partial charge in [-0.05, 0) is 97.3 Å². The predicted octanol–water partition coefficient (Wildman–Crippen LogP) is 3.94. The molecule has 2 fully saturated rings. The van der Waals surface area contributed by atoms with Crippen molar-refractivity contribution in [3.63, 3.8) is 0 Å². The van der Waals surface area contributed by atoms with E-state index in [2.05, 4.69) is 28.4 Å². The molecule has 2 aromatic heterocycles. The van der Waals surface area contributed by atoms with Crippen LogP contribution in [0.4, 0.5) is 0 Å². The number of aromatic hydroxyl groups is 1. The summed E-state index contributed by atoms with van der Waals surface area (Å²) in [6.07, 6.45) is 4.68. The number of benzene rings is 2. The summed E-state index contributed by atoms with van der Waals surface area (Å²) in [4.78, 5) is 76.2. The van der Waals surface area contributed by atoms with E-state index in [0.717, 1.165) is 43.7 Å². The fraction of sp³-hybridized carbons (Fsp3) is 0.460. The van der Waals surface area contributed by atoms with Crippen molar-refractivity contribution in [3.05, 3.63) is 84.7 Å². The number of cyclic esters (lactones) is 1. The first kappa shape index (κ1) is 48.3. The lowest BCUT2D eigenvalue weighted by Crippen LogP contribution is -2.67. The molecule has 5 N–H and O–H groups in total. The summed E-state index contributed by atoms with van der Waals surface area (Å²) in [6, 6.07) is 14.3. The van der Waals surface area contributed by atoms with Gasteiger partial charge >= 0.3 is 5.97 Å². The number of phenols is 1. The minimum absolute atomic E-state index is 0.0488. The molecule has 7 rings (SSSR count). The summed E-state index contributed by atoms with van der Waals surface area (Å²) in [6.45, 7) is 14.2. The number of fused-ring (bicyclic) bond motifs is 6. The number of esters is 1. The number of aliphatic hydroxyl groups is 2. The van der Waals surface area contributed by atoms with Crippen molar-refractivity contribution in [2.45, 2.75) is 103 Å². The second-order valence-corrected chi connectivity index (χ2v) is 19.8. The van der Waals surface area contributed by atoms with Gasteiger partial charge in [0.05, 0.1) is 30.4 Å². The summed E-state index contributed by atoms with van der Waals surface area (Å²) < 4.78 is 7.90. The first-order valence-corrected chi connectivity index (χ1v) is 22.5. The van der Waals surface area contributed by atoms with Crippen LogP contribution in [0.15, 0.2) is 73.6 Å². The standard InChI is InChI=1S/C50H60N8O9/c1-9-40(60)56-20-16-49(65,28-56)45(63)55(8)41(30(2)3)43(61)53-38-23-31-21-34(24-35(59)22-31)33-11-12-39-36(25-33)37(42(32-13-17-52-18-14-32)58(39)48(6,7)27-51)26-47(4,5)29-67-46(64)50(66)15-10-19-57(54-50)44(38)62/h9,11-14,17-18,21-22,24-25,30,38,41,54,59,65-66H,1,10,15-16,19-20,23,26,28-29H2,2-8H3,(H,53,61)/t38-,41-,49+,50-/m0/s1. The van der Waals surface area contributed by atoms with Crippen LogP contribution in [0.25, 0.3) is 33.3 Å². The minimum Gasteiger partial charge on any atom is -0.508 e. The molecule has 5 heterocycles.